The molecule has 3 aromatic rings. The van der Waals surface area contributed by atoms with Crippen LogP contribution in [0.1, 0.15) is 11.5 Å². The highest BCUT2D eigenvalue weighted by Crippen LogP contribution is 2.22. The molecule has 2 N–H and O–H groups in total. The third-order valence-corrected chi connectivity index (χ3v) is 4.06. The molecule has 8 heteroatoms. The number of rotatable bonds is 8. The lowest BCUT2D eigenvalue weighted by Gasteiger charge is -2.09. The van der Waals surface area contributed by atoms with Gasteiger partial charge in [0.1, 0.15) is 11.5 Å². The van der Waals surface area contributed by atoms with Crippen molar-refractivity contribution in [2.24, 2.45) is 0 Å². The van der Waals surface area contributed by atoms with Gasteiger partial charge in [-0.1, -0.05) is 24.3 Å². The Kier molecular flexibility index (Phi) is 6.46. The number of hydrogen-bond donors (Lipinski definition) is 2. The van der Waals surface area contributed by atoms with Crippen molar-refractivity contribution in [1.82, 2.24) is 20.8 Å². The van der Waals surface area contributed by atoms with Crippen molar-refractivity contribution in [3.63, 3.8) is 0 Å². The lowest BCUT2D eigenvalue weighted by Crippen LogP contribution is -2.36. The van der Waals surface area contributed by atoms with Crippen LogP contribution in [-0.4, -0.2) is 37.0 Å². The zero-order chi connectivity index (χ0) is 19.8. The number of amides is 2. The van der Waals surface area contributed by atoms with E-state index >= 15 is 0 Å². The zero-order valence-electron chi connectivity index (χ0n) is 15.8. The minimum Gasteiger partial charge on any atom is -0.497 e. The molecular formula is C20H22N4O4. The Balaban J connectivity index is 1.46. The number of carbonyl (C=O) groups excluding carboxylic acids is 1. The molecule has 0 radical (unpaired) electrons. The maximum absolute atomic E-state index is 12.0. The second-order valence-corrected chi connectivity index (χ2v) is 5.90. The van der Waals surface area contributed by atoms with E-state index in [0.717, 1.165) is 16.9 Å². The predicted octanol–water partition coefficient (Wildman–Crippen LogP) is 2.80. The van der Waals surface area contributed by atoms with E-state index in [1.165, 1.54) is 0 Å². The summed E-state index contributed by atoms with van der Waals surface area (Å²) in [5.74, 6) is 2.19. The van der Waals surface area contributed by atoms with Crippen molar-refractivity contribution < 1.29 is 18.7 Å². The molecule has 8 nitrogen and oxygen atoms in total. The molecule has 0 spiro atoms. The number of nitrogens with zero attached hydrogens (tertiary/aromatic N) is 2. The van der Waals surface area contributed by atoms with E-state index in [9.17, 15) is 4.79 Å². The van der Waals surface area contributed by atoms with Crippen LogP contribution in [-0.2, 0) is 13.0 Å². The van der Waals surface area contributed by atoms with Crippen LogP contribution >= 0.6 is 0 Å². The van der Waals surface area contributed by atoms with Gasteiger partial charge < -0.3 is 24.5 Å². The van der Waals surface area contributed by atoms with Gasteiger partial charge in [0.2, 0.25) is 11.8 Å². The molecule has 2 aromatic carbocycles. The molecule has 3 rings (SSSR count). The number of carbonyl (C=O) groups is 1. The Labute approximate surface area is 162 Å². The number of para-hydroxylation sites is 1. The van der Waals surface area contributed by atoms with Gasteiger partial charge in [0.25, 0.3) is 0 Å². The van der Waals surface area contributed by atoms with Crippen molar-refractivity contribution in [1.29, 1.82) is 0 Å². The normalized spacial score (nSPS) is 10.4. The summed E-state index contributed by atoms with van der Waals surface area (Å²) in [6.45, 7) is 0.614. The molecule has 1 heterocycles. The van der Waals surface area contributed by atoms with E-state index in [4.69, 9.17) is 13.9 Å². The molecule has 0 saturated carbocycles. The largest absolute Gasteiger partial charge is 0.497 e. The summed E-state index contributed by atoms with van der Waals surface area (Å²) in [4.78, 5) is 12.0. The molecule has 146 valence electrons. The van der Waals surface area contributed by atoms with E-state index in [1.54, 1.807) is 20.3 Å². The number of nitrogens with one attached hydrogen (secondary N) is 2. The Hall–Kier alpha value is -3.55. The van der Waals surface area contributed by atoms with Crippen LogP contribution in [0.5, 0.6) is 11.5 Å². The summed E-state index contributed by atoms with van der Waals surface area (Å²) in [5, 5.41) is 13.5. The fourth-order valence-electron chi connectivity index (χ4n) is 2.64. The summed E-state index contributed by atoms with van der Waals surface area (Å²) in [6.07, 6.45) is 0.665. The third-order valence-electron chi connectivity index (χ3n) is 4.06. The minimum atomic E-state index is -0.309. The molecule has 0 bridgehead atoms. The van der Waals surface area contributed by atoms with Crippen LogP contribution in [0.25, 0.3) is 11.5 Å². The van der Waals surface area contributed by atoms with Gasteiger partial charge in [-0.15, -0.1) is 10.2 Å². The number of ether oxygens (including phenoxy) is 2. The topological polar surface area (TPSA) is 98.5 Å². The van der Waals surface area contributed by atoms with Crippen molar-refractivity contribution in [3.8, 4) is 23.0 Å². The highest BCUT2D eigenvalue weighted by molar-refractivity contribution is 5.73. The number of urea groups is 1. The molecule has 0 unspecified atom stereocenters. The summed E-state index contributed by atoms with van der Waals surface area (Å²) >= 11 is 0. The van der Waals surface area contributed by atoms with Gasteiger partial charge in [-0.05, 0) is 36.2 Å². The van der Waals surface area contributed by atoms with Gasteiger partial charge in [-0.25, -0.2) is 4.79 Å². The number of aromatic nitrogens is 2. The maximum Gasteiger partial charge on any atom is 0.315 e. The van der Waals surface area contributed by atoms with E-state index in [-0.39, 0.29) is 12.6 Å². The van der Waals surface area contributed by atoms with Crippen molar-refractivity contribution in [3.05, 3.63) is 60.0 Å². The zero-order valence-corrected chi connectivity index (χ0v) is 15.8. The smallest absolute Gasteiger partial charge is 0.315 e. The monoisotopic (exact) mass is 382 g/mol. The van der Waals surface area contributed by atoms with Gasteiger partial charge in [0.15, 0.2) is 0 Å². The van der Waals surface area contributed by atoms with Crippen molar-refractivity contribution in [2.75, 3.05) is 20.8 Å². The molecule has 0 aliphatic carbocycles. The van der Waals surface area contributed by atoms with Gasteiger partial charge in [0, 0.05) is 12.1 Å². The van der Waals surface area contributed by atoms with Gasteiger partial charge in [-0.2, -0.15) is 0 Å². The van der Waals surface area contributed by atoms with Crippen molar-refractivity contribution in [2.45, 2.75) is 13.0 Å². The summed E-state index contributed by atoms with van der Waals surface area (Å²) in [6, 6.07) is 14.7. The predicted molar refractivity (Wildman–Crippen MR) is 103 cm³/mol. The Morgan fingerprint density at radius 3 is 2.71 bits per heavy atom. The van der Waals surface area contributed by atoms with Crippen molar-refractivity contribution >= 4 is 6.03 Å². The minimum absolute atomic E-state index is 0.136. The molecule has 1 aromatic heterocycles. The number of methoxy groups -OCH3 is 2. The molecule has 0 fully saturated rings. The first kappa shape index (κ1) is 19.2. The summed E-state index contributed by atoms with van der Waals surface area (Å²) in [5.41, 5.74) is 1.78. The first-order valence-electron chi connectivity index (χ1n) is 8.80. The summed E-state index contributed by atoms with van der Waals surface area (Å²) < 4.78 is 16.1. The molecule has 0 atom stereocenters. The lowest BCUT2D eigenvalue weighted by molar-refractivity contribution is 0.239. The molecule has 0 aliphatic rings. The fourth-order valence-corrected chi connectivity index (χ4v) is 2.64. The number of hydrogen-bond acceptors (Lipinski definition) is 6. The third kappa shape index (κ3) is 5.00. The van der Waals surface area contributed by atoms with Crippen LogP contribution in [0.15, 0.2) is 52.9 Å². The molecular weight excluding hydrogens is 360 g/mol. The van der Waals surface area contributed by atoms with E-state index < -0.39 is 0 Å². The highest BCUT2D eigenvalue weighted by Gasteiger charge is 2.10. The summed E-state index contributed by atoms with van der Waals surface area (Å²) in [7, 11) is 3.22. The number of benzene rings is 2. The molecule has 2 amide bonds. The molecule has 28 heavy (non-hydrogen) atoms. The van der Waals surface area contributed by atoms with E-state index in [2.05, 4.69) is 20.8 Å². The molecule has 0 aliphatic heterocycles. The highest BCUT2D eigenvalue weighted by atomic mass is 16.5. The van der Waals surface area contributed by atoms with Crippen LogP contribution in [0, 0.1) is 0 Å². The van der Waals surface area contributed by atoms with Gasteiger partial charge in [-0.3, -0.25) is 0 Å². The van der Waals surface area contributed by atoms with Crippen LogP contribution in [0.3, 0.4) is 0 Å². The average Bonchev–Trinajstić information content (AvgIpc) is 3.22. The van der Waals surface area contributed by atoms with Crippen LogP contribution in [0.2, 0.25) is 0 Å². The quantitative estimate of drug-likeness (QED) is 0.622. The Morgan fingerprint density at radius 2 is 1.89 bits per heavy atom. The van der Waals surface area contributed by atoms with E-state index in [1.807, 2.05) is 42.5 Å². The first-order valence-corrected chi connectivity index (χ1v) is 8.80. The Morgan fingerprint density at radius 1 is 1.04 bits per heavy atom. The van der Waals surface area contributed by atoms with Gasteiger partial charge in [0.05, 0.1) is 20.8 Å². The van der Waals surface area contributed by atoms with Crippen LogP contribution < -0.4 is 20.1 Å². The standard InChI is InChI=1S/C20H22N4O4/c1-26-16-8-5-7-15(12-16)19-24-23-18(28-19)13-22-20(25)21-11-10-14-6-3-4-9-17(14)27-2/h3-9,12H,10-11,13H2,1-2H3,(H2,21,22,25). The lowest BCUT2D eigenvalue weighted by atomic mass is 10.1. The molecule has 0 saturated heterocycles. The SMILES string of the molecule is COc1cccc(-c2nnc(CNC(=O)NCCc3ccccc3OC)o2)c1. The average molecular weight is 382 g/mol. The second-order valence-electron chi connectivity index (χ2n) is 5.90. The maximum atomic E-state index is 12.0. The fraction of sp³-hybridized carbons (Fsp3) is 0.250. The first-order chi connectivity index (χ1) is 13.7. The van der Waals surface area contributed by atoms with Crippen LogP contribution in [0.4, 0.5) is 4.79 Å². The second kappa shape index (κ2) is 9.40. The Bertz CT molecular complexity index is 926. The van der Waals surface area contributed by atoms with Gasteiger partial charge >= 0.3 is 6.03 Å². The van der Waals surface area contributed by atoms with E-state index in [0.29, 0.717) is 30.5 Å².